The Morgan fingerprint density at radius 2 is 1.76 bits per heavy atom. The molecule has 0 saturated heterocycles. The zero-order valence-electron chi connectivity index (χ0n) is 12.2. The van der Waals surface area contributed by atoms with Crippen LogP contribution in [0.15, 0.2) is 36.4 Å². The van der Waals surface area contributed by atoms with E-state index in [9.17, 15) is 0 Å². The van der Waals surface area contributed by atoms with Crippen LogP contribution in [0.5, 0.6) is 11.5 Å². The lowest BCUT2D eigenvalue weighted by molar-refractivity contribution is 0.478. The summed E-state index contributed by atoms with van der Waals surface area (Å²) in [7, 11) is 0. The Kier molecular flexibility index (Phi) is 5.92. The lowest BCUT2D eigenvalue weighted by Gasteiger charge is -2.11. The molecule has 0 amide bonds. The van der Waals surface area contributed by atoms with Crippen LogP contribution >= 0.6 is 23.2 Å². The molecule has 2 aromatic carbocycles. The molecular weight excluding hydrogens is 305 g/mol. The molecule has 0 atom stereocenters. The van der Waals surface area contributed by atoms with Crippen LogP contribution in [0.3, 0.4) is 0 Å². The van der Waals surface area contributed by atoms with Crippen LogP contribution in [0.1, 0.15) is 24.5 Å². The van der Waals surface area contributed by atoms with Gasteiger partial charge in [-0.1, -0.05) is 42.3 Å². The number of benzene rings is 2. The van der Waals surface area contributed by atoms with Crippen LogP contribution in [0.2, 0.25) is 10.0 Å². The van der Waals surface area contributed by atoms with E-state index >= 15 is 0 Å². The van der Waals surface area contributed by atoms with Crippen molar-refractivity contribution in [3.63, 3.8) is 0 Å². The van der Waals surface area contributed by atoms with E-state index < -0.39 is 0 Å². The second-order valence-electron chi connectivity index (χ2n) is 4.98. The monoisotopic (exact) mass is 323 g/mol. The molecule has 0 aromatic heterocycles. The maximum atomic E-state index is 5.98. The van der Waals surface area contributed by atoms with Gasteiger partial charge in [-0.3, -0.25) is 0 Å². The molecule has 0 heterocycles. The summed E-state index contributed by atoms with van der Waals surface area (Å²) in [6.07, 6.45) is 1.13. The van der Waals surface area contributed by atoms with Gasteiger partial charge < -0.3 is 10.1 Å². The molecule has 21 heavy (non-hydrogen) atoms. The summed E-state index contributed by atoms with van der Waals surface area (Å²) in [6, 6.07) is 11.4. The minimum absolute atomic E-state index is 0.565. The lowest BCUT2D eigenvalue weighted by atomic mass is 10.1. The number of halogens is 2. The first-order chi connectivity index (χ1) is 10.1. The van der Waals surface area contributed by atoms with Gasteiger partial charge in [0.05, 0.1) is 0 Å². The molecule has 0 aliphatic heterocycles. The molecule has 0 aliphatic rings. The van der Waals surface area contributed by atoms with Gasteiger partial charge >= 0.3 is 0 Å². The number of hydrogen-bond donors (Lipinski definition) is 1. The second kappa shape index (κ2) is 7.69. The van der Waals surface area contributed by atoms with E-state index in [0.717, 1.165) is 30.8 Å². The Morgan fingerprint density at radius 1 is 1.05 bits per heavy atom. The van der Waals surface area contributed by atoms with E-state index in [-0.39, 0.29) is 0 Å². The standard InChI is InChI=1S/C17H19Cl2NO/c1-3-6-20-11-13-4-5-17(12(2)7-13)21-16-9-14(18)8-15(19)10-16/h4-5,7-10,20H,3,6,11H2,1-2H3. The Morgan fingerprint density at radius 3 is 2.38 bits per heavy atom. The zero-order chi connectivity index (χ0) is 15.2. The van der Waals surface area contributed by atoms with Crippen molar-refractivity contribution in [3.05, 3.63) is 57.6 Å². The van der Waals surface area contributed by atoms with Crippen molar-refractivity contribution in [1.82, 2.24) is 5.32 Å². The van der Waals surface area contributed by atoms with Crippen LogP contribution < -0.4 is 10.1 Å². The topological polar surface area (TPSA) is 21.3 Å². The van der Waals surface area contributed by atoms with E-state index in [4.69, 9.17) is 27.9 Å². The van der Waals surface area contributed by atoms with E-state index in [1.807, 2.05) is 13.0 Å². The van der Waals surface area contributed by atoms with Gasteiger partial charge in [0.1, 0.15) is 11.5 Å². The van der Waals surface area contributed by atoms with E-state index in [1.165, 1.54) is 5.56 Å². The predicted molar refractivity (Wildman–Crippen MR) is 89.7 cm³/mol. The van der Waals surface area contributed by atoms with E-state index in [0.29, 0.717) is 15.8 Å². The second-order valence-corrected chi connectivity index (χ2v) is 5.86. The van der Waals surface area contributed by atoms with Gasteiger partial charge in [-0.2, -0.15) is 0 Å². The number of hydrogen-bond acceptors (Lipinski definition) is 2. The molecule has 0 aliphatic carbocycles. The predicted octanol–water partition coefficient (Wildman–Crippen LogP) is 5.59. The van der Waals surface area contributed by atoms with Crippen molar-refractivity contribution < 1.29 is 4.74 Å². The molecule has 0 spiro atoms. The average Bonchev–Trinajstić information content (AvgIpc) is 2.41. The van der Waals surface area contributed by atoms with E-state index in [2.05, 4.69) is 24.4 Å². The van der Waals surface area contributed by atoms with Crippen molar-refractivity contribution >= 4 is 23.2 Å². The molecule has 0 fully saturated rings. The fourth-order valence-corrected chi connectivity index (χ4v) is 2.57. The van der Waals surface area contributed by atoms with Crippen LogP contribution in [0.4, 0.5) is 0 Å². The van der Waals surface area contributed by atoms with Crippen molar-refractivity contribution in [1.29, 1.82) is 0 Å². The minimum atomic E-state index is 0.565. The average molecular weight is 324 g/mol. The fraction of sp³-hybridized carbons (Fsp3) is 0.294. The molecule has 2 aromatic rings. The Bertz CT molecular complexity index is 593. The summed E-state index contributed by atoms with van der Waals surface area (Å²) < 4.78 is 5.86. The maximum absolute atomic E-state index is 5.98. The van der Waals surface area contributed by atoms with Crippen LogP contribution in [0.25, 0.3) is 0 Å². The van der Waals surface area contributed by atoms with Gasteiger partial charge in [-0.25, -0.2) is 0 Å². The highest BCUT2D eigenvalue weighted by atomic mass is 35.5. The highest BCUT2D eigenvalue weighted by molar-refractivity contribution is 6.34. The smallest absolute Gasteiger partial charge is 0.130 e. The summed E-state index contributed by atoms with van der Waals surface area (Å²) in [5, 5.41) is 4.52. The molecular formula is C17H19Cl2NO. The van der Waals surface area contributed by atoms with Gasteiger partial charge in [0.25, 0.3) is 0 Å². The van der Waals surface area contributed by atoms with E-state index in [1.54, 1.807) is 18.2 Å². The summed E-state index contributed by atoms with van der Waals surface area (Å²) in [5.74, 6) is 1.46. The largest absolute Gasteiger partial charge is 0.457 e. The molecule has 1 N–H and O–H groups in total. The summed E-state index contributed by atoms with van der Waals surface area (Å²) in [4.78, 5) is 0. The van der Waals surface area contributed by atoms with Gasteiger partial charge in [0, 0.05) is 16.6 Å². The Hall–Kier alpha value is -1.22. The molecule has 2 nitrogen and oxygen atoms in total. The third kappa shape index (κ3) is 4.92. The number of aryl methyl sites for hydroxylation is 1. The van der Waals surface area contributed by atoms with Crippen molar-refractivity contribution in [2.75, 3.05) is 6.54 Å². The summed E-state index contributed by atoms with van der Waals surface area (Å²) >= 11 is 12.0. The molecule has 2 rings (SSSR count). The van der Waals surface area contributed by atoms with Gasteiger partial charge in [0.2, 0.25) is 0 Å². The van der Waals surface area contributed by atoms with Crippen LogP contribution in [0, 0.1) is 6.92 Å². The van der Waals surface area contributed by atoms with Gasteiger partial charge in [0.15, 0.2) is 0 Å². The minimum Gasteiger partial charge on any atom is -0.457 e. The molecule has 0 radical (unpaired) electrons. The van der Waals surface area contributed by atoms with Crippen molar-refractivity contribution in [2.45, 2.75) is 26.8 Å². The quantitative estimate of drug-likeness (QED) is 0.699. The van der Waals surface area contributed by atoms with Crippen LogP contribution in [-0.2, 0) is 6.54 Å². The SMILES string of the molecule is CCCNCc1ccc(Oc2cc(Cl)cc(Cl)c2)c(C)c1. The number of ether oxygens (including phenoxy) is 1. The first-order valence-corrected chi connectivity index (χ1v) is 7.78. The molecule has 0 bridgehead atoms. The van der Waals surface area contributed by atoms with Gasteiger partial charge in [-0.05, 0) is 55.3 Å². The molecule has 0 unspecified atom stereocenters. The fourth-order valence-electron chi connectivity index (χ4n) is 2.06. The zero-order valence-corrected chi connectivity index (χ0v) is 13.8. The normalized spacial score (nSPS) is 10.7. The van der Waals surface area contributed by atoms with Gasteiger partial charge in [-0.15, -0.1) is 0 Å². The Balaban J connectivity index is 2.10. The highest BCUT2D eigenvalue weighted by Gasteiger charge is 2.05. The third-order valence-electron chi connectivity index (χ3n) is 3.06. The Labute approximate surface area is 136 Å². The lowest BCUT2D eigenvalue weighted by Crippen LogP contribution is -2.13. The third-order valence-corrected chi connectivity index (χ3v) is 3.50. The molecule has 112 valence electrons. The molecule has 0 saturated carbocycles. The first-order valence-electron chi connectivity index (χ1n) is 7.02. The summed E-state index contributed by atoms with van der Waals surface area (Å²) in [5.41, 5.74) is 2.33. The van der Waals surface area contributed by atoms with Crippen molar-refractivity contribution in [2.24, 2.45) is 0 Å². The first kappa shape index (κ1) is 16.2. The highest BCUT2D eigenvalue weighted by Crippen LogP contribution is 2.30. The summed E-state index contributed by atoms with van der Waals surface area (Å²) in [6.45, 7) is 6.09. The number of nitrogens with one attached hydrogen (secondary N) is 1. The molecule has 4 heteroatoms. The van der Waals surface area contributed by atoms with Crippen molar-refractivity contribution in [3.8, 4) is 11.5 Å². The van der Waals surface area contributed by atoms with Crippen LogP contribution in [-0.4, -0.2) is 6.54 Å². The maximum Gasteiger partial charge on any atom is 0.130 e. The number of rotatable bonds is 6.